The number of benzene rings is 1. The maximum atomic E-state index is 12.0. The van der Waals surface area contributed by atoms with E-state index < -0.39 is 0 Å². The van der Waals surface area contributed by atoms with Crippen LogP contribution < -0.4 is 0 Å². The van der Waals surface area contributed by atoms with Crippen molar-refractivity contribution in [3.8, 4) is 0 Å². The van der Waals surface area contributed by atoms with Crippen LogP contribution in [0.2, 0.25) is 0 Å². The summed E-state index contributed by atoms with van der Waals surface area (Å²) < 4.78 is 5.97. The first-order valence-corrected chi connectivity index (χ1v) is 6.91. The van der Waals surface area contributed by atoms with E-state index in [1.165, 1.54) is 0 Å². The Morgan fingerprint density at radius 2 is 2.05 bits per heavy atom. The number of carbonyl (C=O) groups excluding carboxylic acids is 1. The summed E-state index contributed by atoms with van der Waals surface area (Å²) in [5.41, 5.74) is 2.24. The quantitative estimate of drug-likeness (QED) is 0.769. The SMILES string of the molecule is C=C(C)C1CC(=O)C(C)C(OCc2ccccc2)C1. The lowest BCUT2D eigenvalue weighted by atomic mass is 9.77. The fourth-order valence-corrected chi connectivity index (χ4v) is 2.57. The van der Waals surface area contributed by atoms with Gasteiger partial charge in [0.25, 0.3) is 0 Å². The molecule has 0 bridgehead atoms. The van der Waals surface area contributed by atoms with Gasteiger partial charge in [0.1, 0.15) is 5.78 Å². The second-order valence-corrected chi connectivity index (χ2v) is 5.57. The zero-order chi connectivity index (χ0) is 13.8. The van der Waals surface area contributed by atoms with Gasteiger partial charge in [-0.15, -0.1) is 0 Å². The molecule has 1 fully saturated rings. The number of hydrogen-bond donors (Lipinski definition) is 0. The number of carbonyl (C=O) groups is 1. The Kier molecular flexibility index (Phi) is 4.54. The number of ketones is 1. The highest BCUT2D eigenvalue weighted by Crippen LogP contribution is 2.32. The molecular weight excluding hydrogens is 236 g/mol. The van der Waals surface area contributed by atoms with Crippen molar-refractivity contribution in [2.75, 3.05) is 0 Å². The van der Waals surface area contributed by atoms with Gasteiger partial charge in [0.05, 0.1) is 12.7 Å². The van der Waals surface area contributed by atoms with Crippen LogP contribution in [-0.2, 0) is 16.1 Å². The first-order chi connectivity index (χ1) is 9.08. The summed E-state index contributed by atoms with van der Waals surface area (Å²) in [5.74, 6) is 0.584. The highest BCUT2D eigenvalue weighted by atomic mass is 16.5. The molecule has 0 aliphatic heterocycles. The van der Waals surface area contributed by atoms with Crippen molar-refractivity contribution in [1.82, 2.24) is 0 Å². The minimum atomic E-state index is -0.000637. The van der Waals surface area contributed by atoms with E-state index in [1.54, 1.807) is 0 Å². The first-order valence-electron chi connectivity index (χ1n) is 6.91. The van der Waals surface area contributed by atoms with Crippen molar-refractivity contribution in [3.05, 3.63) is 48.0 Å². The Balaban J connectivity index is 1.97. The van der Waals surface area contributed by atoms with Crippen LogP contribution in [0.4, 0.5) is 0 Å². The topological polar surface area (TPSA) is 26.3 Å². The smallest absolute Gasteiger partial charge is 0.138 e. The van der Waals surface area contributed by atoms with Crippen LogP contribution >= 0.6 is 0 Å². The average molecular weight is 258 g/mol. The van der Waals surface area contributed by atoms with Gasteiger partial charge in [-0.3, -0.25) is 4.79 Å². The summed E-state index contributed by atoms with van der Waals surface area (Å²) in [6, 6.07) is 10.1. The Morgan fingerprint density at radius 1 is 1.37 bits per heavy atom. The van der Waals surface area contributed by atoms with E-state index in [0.717, 1.165) is 17.6 Å². The molecule has 0 spiro atoms. The predicted molar refractivity (Wildman–Crippen MR) is 76.7 cm³/mol. The third-order valence-electron chi connectivity index (χ3n) is 4.03. The predicted octanol–water partition coefficient (Wildman–Crippen LogP) is 3.76. The number of ether oxygens (including phenoxy) is 1. The van der Waals surface area contributed by atoms with E-state index in [4.69, 9.17) is 4.74 Å². The van der Waals surface area contributed by atoms with Gasteiger partial charge < -0.3 is 4.74 Å². The van der Waals surface area contributed by atoms with Crippen molar-refractivity contribution in [2.45, 2.75) is 39.4 Å². The van der Waals surface area contributed by atoms with E-state index >= 15 is 0 Å². The van der Waals surface area contributed by atoms with Gasteiger partial charge in [0, 0.05) is 12.3 Å². The normalized spacial score (nSPS) is 27.3. The molecule has 0 radical (unpaired) electrons. The summed E-state index contributed by atoms with van der Waals surface area (Å²) in [4.78, 5) is 12.0. The minimum absolute atomic E-state index is 0.000637. The highest BCUT2D eigenvalue weighted by Gasteiger charge is 2.34. The molecule has 0 amide bonds. The Labute approximate surface area is 115 Å². The molecule has 3 unspecified atom stereocenters. The maximum Gasteiger partial charge on any atom is 0.138 e. The Hall–Kier alpha value is -1.41. The van der Waals surface area contributed by atoms with Crippen LogP contribution in [0.3, 0.4) is 0 Å². The van der Waals surface area contributed by atoms with Gasteiger partial charge in [0.15, 0.2) is 0 Å². The van der Waals surface area contributed by atoms with Gasteiger partial charge >= 0.3 is 0 Å². The van der Waals surface area contributed by atoms with E-state index in [1.807, 2.05) is 44.2 Å². The van der Waals surface area contributed by atoms with Gasteiger partial charge in [-0.05, 0) is 24.8 Å². The molecule has 2 nitrogen and oxygen atoms in total. The summed E-state index contributed by atoms with van der Waals surface area (Å²) in [7, 11) is 0. The molecule has 3 atom stereocenters. The highest BCUT2D eigenvalue weighted by molar-refractivity contribution is 5.82. The standard InChI is InChI=1S/C17H22O2/c1-12(2)15-9-16(18)13(3)17(10-15)19-11-14-7-5-4-6-8-14/h4-8,13,15,17H,1,9-11H2,2-3H3. The average Bonchev–Trinajstić information content (AvgIpc) is 2.41. The molecule has 2 rings (SSSR count). The molecule has 19 heavy (non-hydrogen) atoms. The van der Waals surface area contributed by atoms with Crippen molar-refractivity contribution in [3.63, 3.8) is 0 Å². The molecule has 1 aliphatic rings. The van der Waals surface area contributed by atoms with E-state index in [0.29, 0.717) is 18.8 Å². The maximum absolute atomic E-state index is 12.0. The van der Waals surface area contributed by atoms with Crippen LogP contribution in [0.1, 0.15) is 32.3 Å². The van der Waals surface area contributed by atoms with Gasteiger partial charge in [0.2, 0.25) is 0 Å². The van der Waals surface area contributed by atoms with E-state index in [2.05, 4.69) is 6.58 Å². The molecule has 0 saturated heterocycles. The van der Waals surface area contributed by atoms with Crippen molar-refractivity contribution in [1.29, 1.82) is 0 Å². The third-order valence-corrected chi connectivity index (χ3v) is 4.03. The van der Waals surface area contributed by atoms with Crippen LogP contribution in [0.5, 0.6) is 0 Å². The fraction of sp³-hybridized carbons (Fsp3) is 0.471. The molecule has 0 aromatic heterocycles. The van der Waals surface area contributed by atoms with Crippen molar-refractivity contribution >= 4 is 5.78 Å². The summed E-state index contributed by atoms with van der Waals surface area (Å²) in [6.07, 6.45) is 1.56. The van der Waals surface area contributed by atoms with E-state index in [-0.39, 0.29) is 17.9 Å². The van der Waals surface area contributed by atoms with E-state index in [9.17, 15) is 4.79 Å². The van der Waals surface area contributed by atoms with Gasteiger partial charge in [-0.25, -0.2) is 0 Å². The first kappa shape index (κ1) is 14.0. The fourth-order valence-electron chi connectivity index (χ4n) is 2.57. The number of rotatable bonds is 4. The lowest BCUT2D eigenvalue weighted by Gasteiger charge is -2.33. The van der Waals surface area contributed by atoms with Crippen LogP contribution in [0.15, 0.2) is 42.5 Å². The molecule has 2 heteroatoms. The lowest BCUT2D eigenvalue weighted by Crippen LogP contribution is -2.37. The molecule has 1 aliphatic carbocycles. The Bertz CT molecular complexity index is 450. The van der Waals surface area contributed by atoms with Gasteiger partial charge in [-0.1, -0.05) is 49.4 Å². The van der Waals surface area contributed by atoms with Crippen molar-refractivity contribution in [2.24, 2.45) is 11.8 Å². The minimum Gasteiger partial charge on any atom is -0.373 e. The van der Waals surface area contributed by atoms with Crippen LogP contribution in [0.25, 0.3) is 0 Å². The molecular formula is C17H22O2. The molecule has 1 aromatic carbocycles. The molecule has 0 N–H and O–H groups in total. The van der Waals surface area contributed by atoms with Gasteiger partial charge in [-0.2, -0.15) is 0 Å². The monoisotopic (exact) mass is 258 g/mol. The summed E-state index contributed by atoms with van der Waals surface area (Å²) in [5, 5.41) is 0. The molecule has 102 valence electrons. The number of allylic oxidation sites excluding steroid dienone is 1. The molecule has 0 heterocycles. The number of hydrogen-bond acceptors (Lipinski definition) is 2. The van der Waals surface area contributed by atoms with Crippen LogP contribution in [-0.4, -0.2) is 11.9 Å². The largest absolute Gasteiger partial charge is 0.373 e. The lowest BCUT2D eigenvalue weighted by molar-refractivity contribution is -0.133. The zero-order valence-corrected chi connectivity index (χ0v) is 11.8. The summed E-state index contributed by atoms with van der Waals surface area (Å²) in [6.45, 7) is 8.54. The molecule has 1 aromatic rings. The Morgan fingerprint density at radius 3 is 2.68 bits per heavy atom. The molecule has 1 saturated carbocycles. The second-order valence-electron chi connectivity index (χ2n) is 5.57. The second kappa shape index (κ2) is 6.16. The third kappa shape index (κ3) is 3.54. The summed E-state index contributed by atoms with van der Waals surface area (Å²) >= 11 is 0. The van der Waals surface area contributed by atoms with Crippen LogP contribution in [0, 0.1) is 11.8 Å². The zero-order valence-electron chi connectivity index (χ0n) is 11.8. The van der Waals surface area contributed by atoms with Crippen molar-refractivity contribution < 1.29 is 9.53 Å². The number of Topliss-reactive ketones (excluding diaryl/α,β-unsaturated/α-hetero) is 1.